The molecule has 0 atom stereocenters. The van der Waals surface area contributed by atoms with E-state index in [1.807, 2.05) is 48.5 Å². The lowest BCUT2D eigenvalue weighted by atomic mass is 10.1. The topological polar surface area (TPSA) is 62.7 Å². The van der Waals surface area contributed by atoms with Gasteiger partial charge in [0.2, 0.25) is 5.91 Å². The maximum atomic E-state index is 11.0. The molecule has 0 radical (unpaired) electrons. The molecule has 0 spiro atoms. The molecule has 1 heterocycles. The minimum absolute atomic E-state index is 0.0894. The second-order valence-corrected chi connectivity index (χ2v) is 5.34. The van der Waals surface area contributed by atoms with Crippen LogP contribution in [0.1, 0.15) is 18.9 Å². The van der Waals surface area contributed by atoms with Crippen LogP contribution >= 0.6 is 0 Å². The van der Waals surface area contributed by atoms with Crippen molar-refractivity contribution in [3.63, 3.8) is 0 Å². The Morgan fingerprint density at radius 2 is 1.74 bits per heavy atom. The molecule has 2 aromatic carbocycles. The van der Waals surface area contributed by atoms with Gasteiger partial charge in [0.05, 0.1) is 0 Å². The number of hydrogen-bond acceptors (Lipinski definition) is 4. The van der Waals surface area contributed by atoms with Crippen molar-refractivity contribution in [2.45, 2.75) is 13.3 Å². The van der Waals surface area contributed by atoms with Gasteiger partial charge < -0.3 is 15.4 Å². The van der Waals surface area contributed by atoms with Crippen molar-refractivity contribution in [1.29, 1.82) is 0 Å². The monoisotopic (exact) mass is 309 g/mol. The van der Waals surface area contributed by atoms with E-state index in [1.165, 1.54) is 6.92 Å². The number of carbonyl (C=O) groups is 1. The Bertz CT molecular complexity index is 706. The zero-order valence-corrected chi connectivity index (χ0v) is 13.0. The van der Waals surface area contributed by atoms with Gasteiger partial charge in [-0.2, -0.15) is 0 Å². The number of nitrogens with zero attached hydrogens (tertiary/aromatic N) is 1. The van der Waals surface area contributed by atoms with Gasteiger partial charge in [-0.15, -0.1) is 0 Å². The number of amides is 1. The van der Waals surface area contributed by atoms with Crippen LogP contribution in [0, 0.1) is 0 Å². The highest BCUT2D eigenvalue weighted by Gasteiger charge is 2.07. The summed E-state index contributed by atoms with van der Waals surface area (Å²) in [5.41, 5.74) is 1.82. The van der Waals surface area contributed by atoms with E-state index in [4.69, 9.17) is 4.74 Å². The fraction of sp³-hybridized carbons (Fsp3) is 0.222. The molecule has 0 saturated heterocycles. The van der Waals surface area contributed by atoms with Crippen LogP contribution in [0.25, 0.3) is 0 Å². The van der Waals surface area contributed by atoms with E-state index >= 15 is 0 Å². The SMILES string of the molecule is CC(=O)Nc1ccc(Oc2ccc(C3=NCCCN3)cc2)cc1. The average Bonchev–Trinajstić information content (AvgIpc) is 2.58. The van der Waals surface area contributed by atoms with Gasteiger partial charge in [0.15, 0.2) is 0 Å². The Morgan fingerprint density at radius 3 is 2.30 bits per heavy atom. The second-order valence-electron chi connectivity index (χ2n) is 5.34. The molecule has 2 N–H and O–H groups in total. The summed E-state index contributed by atoms with van der Waals surface area (Å²) >= 11 is 0. The number of carbonyl (C=O) groups excluding carboxylic acids is 1. The summed E-state index contributed by atoms with van der Waals surface area (Å²) in [4.78, 5) is 15.5. The Kier molecular flexibility index (Phi) is 4.57. The summed E-state index contributed by atoms with van der Waals surface area (Å²) in [5, 5.41) is 6.03. The Balaban J connectivity index is 1.66. The number of aliphatic imine (C=N–C) groups is 1. The number of amidine groups is 1. The zero-order valence-electron chi connectivity index (χ0n) is 13.0. The van der Waals surface area contributed by atoms with E-state index in [1.54, 1.807) is 0 Å². The molecule has 2 aromatic rings. The van der Waals surface area contributed by atoms with E-state index in [0.717, 1.165) is 48.1 Å². The lowest BCUT2D eigenvalue weighted by molar-refractivity contribution is -0.114. The van der Waals surface area contributed by atoms with Crippen molar-refractivity contribution >= 4 is 17.4 Å². The summed E-state index contributed by atoms with van der Waals surface area (Å²) in [6.45, 7) is 3.33. The van der Waals surface area contributed by atoms with Crippen LogP contribution in [0.2, 0.25) is 0 Å². The quantitative estimate of drug-likeness (QED) is 0.912. The second kappa shape index (κ2) is 6.96. The summed E-state index contributed by atoms with van der Waals surface area (Å²) < 4.78 is 5.81. The van der Waals surface area contributed by atoms with Gasteiger partial charge in [-0.25, -0.2) is 0 Å². The lowest BCUT2D eigenvalue weighted by Crippen LogP contribution is -2.30. The van der Waals surface area contributed by atoms with Crippen molar-refractivity contribution in [3.8, 4) is 11.5 Å². The van der Waals surface area contributed by atoms with Crippen LogP contribution < -0.4 is 15.4 Å². The minimum Gasteiger partial charge on any atom is -0.457 e. The maximum Gasteiger partial charge on any atom is 0.221 e. The molecule has 0 bridgehead atoms. The molecule has 1 amide bonds. The van der Waals surface area contributed by atoms with Crippen molar-refractivity contribution in [3.05, 3.63) is 54.1 Å². The van der Waals surface area contributed by atoms with E-state index in [0.29, 0.717) is 0 Å². The minimum atomic E-state index is -0.0894. The molecular weight excluding hydrogens is 290 g/mol. The van der Waals surface area contributed by atoms with Gasteiger partial charge in [-0.3, -0.25) is 9.79 Å². The van der Waals surface area contributed by atoms with E-state index < -0.39 is 0 Å². The zero-order chi connectivity index (χ0) is 16.1. The standard InChI is InChI=1S/C18H19N3O2/c1-13(22)21-15-5-9-17(10-6-15)23-16-7-3-14(4-8-16)18-19-11-2-12-20-18/h3-10H,2,11-12H2,1H3,(H,19,20)(H,21,22). The fourth-order valence-corrected chi connectivity index (χ4v) is 2.35. The maximum absolute atomic E-state index is 11.0. The summed E-state index contributed by atoms with van der Waals surface area (Å²) in [6.07, 6.45) is 1.08. The highest BCUT2D eigenvalue weighted by Crippen LogP contribution is 2.23. The van der Waals surface area contributed by atoms with Gasteiger partial charge in [0, 0.05) is 31.3 Å². The first-order valence-corrected chi connectivity index (χ1v) is 7.65. The molecular formula is C18H19N3O2. The summed E-state index contributed by atoms with van der Waals surface area (Å²) in [7, 11) is 0. The molecule has 5 heteroatoms. The normalized spacial score (nSPS) is 13.7. The number of rotatable bonds is 4. The third-order valence-corrected chi connectivity index (χ3v) is 3.44. The molecule has 118 valence electrons. The molecule has 3 rings (SSSR count). The molecule has 0 aliphatic carbocycles. The van der Waals surface area contributed by atoms with Crippen molar-refractivity contribution in [1.82, 2.24) is 5.32 Å². The first kappa shape index (κ1) is 15.1. The fourth-order valence-electron chi connectivity index (χ4n) is 2.35. The molecule has 23 heavy (non-hydrogen) atoms. The first-order valence-electron chi connectivity index (χ1n) is 7.65. The van der Waals surface area contributed by atoms with Crippen molar-refractivity contribution in [2.24, 2.45) is 4.99 Å². The van der Waals surface area contributed by atoms with Crippen LogP contribution in [0.4, 0.5) is 5.69 Å². The van der Waals surface area contributed by atoms with Crippen LogP contribution in [-0.2, 0) is 4.79 Å². The highest BCUT2D eigenvalue weighted by atomic mass is 16.5. The van der Waals surface area contributed by atoms with E-state index in [-0.39, 0.29) is 5.91 Å². The van der Waals surface area contributed by atoms with Gasteiger partial charge >= 0.3 is 0 Å². The van der Waals surface area contributed by atoms with Crippen LogP contribution in [0.15, 0.2) is 53.5 Å². The predicted octanol–water partition coefficient (Wildman–Crippen LogP) is 3.18. The molecule has 1 aliphatic heterocycles. The molecule has 0 saturated carbocycles. The van der Waals surface area contributed by atoms with Gasteiger partial charge in [-0.05, 0) is 55.0 Å². The van der Waals surface area contributed by atoms with Gasteiger partial charge in [0.1, 0.15) is 17.3 Å². The van der Waals surface area contributed by atoms with Crippen LogP contribution in [0.5, 0.6) is 11.5 Å². The molecule has 1 aliphatic rings. The first-order chi connectivity index (χ1) is 11.2. The number of ether oxygens (including phenoxy) is 1. The predicted molar refractivity (Wildman–Crippen MR) is 91.3 cm³/mol. The summed E-state index contributed by atoms with van der Waals surface area (Å²) in [5.74, 6) is 2.34. The van der Waals surface area contributed by atoms with Gasteiger partial charge in [0.25, 0.3) is 0 Å². The number of nitrogens with one attached hydrogen (secondary N) is 2. The Morgan fingerprint density at radius 1 is 1.09 bits per heavy atom. The molecule has 5 nitrogen and oxygen atoms in total. The van der Waals surface area contributed by atoms with Gasteiger partial charge in [-0.1, -0.05) is 0 Å². The smallest absolute Gasteiger partial charge is 0.221 e. The summed E-state index contributed by atoms with van der Waals surface area (Å²) in [6, 6.07) is 15.1. The Labute approximate surface area is 135 Å². The third kappa shape index (κ3) is 4.10. The average molecular weight is 309 g/mol. The Hall–Kier alpha value is -2.82. The number of benzene rings is 2. The largest absolute Gasteiger partial charge is 0.457 e. The number of hydrogen-bond donors (Lipinski definition) is 2. The van der Waals surface area contributed by atoms with Crippen LogP contribution in [0.3, 0.4) is 0 Å². The molecule has 0 unspecified atom stereocenters. The molecule has 0 aromatic heterocycles. The number of anilines is 1. The highest BCUT2D eigenvalue weighted by molar-refractivity contribution is 5.99. The van der Waals surface area contributed by atoms with Crippen molar-refractivity contribution in [2.75, 3.05) is 18.4 Å². The molecule has 0 fully saturated rings. The van der Waals surface area contributed by atoms with E-state index in [9.17, 15) is 4.79 Å². The third-order valence-electron chi connectivity index (χ3n) is 3.44. The van der Waals surface area contributed by atoms with Crippen molar-refractivity contribution < 1.29 is 9.53 Å². The lowest BCUT2D eigenvalue weighted by Gasteiger charge is -2.15. The van der Waals surface area contributed by atoms with Crippen LogP contribution in [-0.4, -0.2) is 24.8 Å². The van der Waals surface area contributed by atoms with E-state index in [2.05, 4.69) is 15.6 Å².